The molecule has 1 heterocycles. The van der Waals surface area contributed by atoms with E-state index < -0.39 is 17.5 Å². The highest BCUT2D eigenvalue weighted by atomic mass is 35.5. The summed E-state index contributed by atoms with van der Waals surface area (Å²) < 4.78 is 41.5. The Morgan fingerprint density at radius 2 is 1.69 bits per heavy atom. The molecule has 0 saturated carbocycles. The number of alkyl halides is 3. The highest BCUT2D eigenvalue weighted by Crippen LogP contribution is 2.38. The molecular weight excluding hydrogens is 404 g/mol. The van der Waals surface area contributed by atoms with E-state index in [-0.39, 0.29) is 20.5 Å². The van der Waals surface area contributed by atoms with E-state index in [0.717, 1.165) is 22.2 Å². The van der Waals surface area contributed by atoms with Gasteiger partial charge in [0.25, 0.3) is 0 Å². The van der Waals surface area contributed by atoms with Crippen LogP contribution in [-0.2, 0) is 0 Å². The zero-order valence-corrected chi connectivity index (χ0v) is 15.7. The van der Waals surface area contributed by atoms with Crippen molar-refractivity contribution in [3.8, 4) is 0 Å². The predicted molar refractivity (Wildman–Crippen MR) is 101 cm³/mol. The molecule has 3 aromatic rings. The first-order valence-electron chi connectivity index (χ1n) is 7.44. The molecule has 0 spiro atoms. The van der Waals surface area contributed by atoms with Gasteiger partial charge in [-0.3, -0.25) is 4.79 Å². The second-order valence-corrected chi connectivity index (χ2v) is 7.56. The summed E-state index contributed by atoms with van der Waals surface area (Å²) in [6.45, 7) is 1.73. The van der Waals surface area contributed by atoms with E-state index in [2.05, 4.69) is 0 Å². The Bertz CT molecular complexity index is 1010. The molecule has 0 saturated heterocycles. The van der Waals surface area contributed by atoms with Crippen LogP contribution in [0.5, 0.6) is 0 Å². The number of carbonyl (C=O) groups is 1. The van der Waals surface area contributed by atoms with Crippen LogP contribution in [0.1, 0.15) is 20.8 Å². The molecule has 1 nitrogen and oxygen atoms in total. The Morgan fingerprint density at radius 3 is 2.27 bits per heavy atom. The Labute approximate surface area is 161 Å². The van der Waals surface area contributed by atoms with Gasteiger partial charge in [0.15, 0.2) is 5.78 Å². The van der Waals surface area contributed by atoms with Crippen LogP contribution in [0.15, 0.2) is 48.5 Å². The van der Waals surface area contributed by atoms with Gasteiger partial charge in [0.2, 0.25) is 0 Å². The first-order valence-corrected chi connectivity index (χ1v) is 9.02. The fourth-order valence-corrected chi connectivity index (χ4v) is 4.29. The first-order chi connectivity index (χ1) is 12.2. The fraction of sp³-hybridized carbons (Fsp3) is 0.105. The predicted octanol–water partition coefficient (Wildman–Crippen LogP) is 7.35. The van der Waals surface area contributed by atoms with Gasteiger partial charge in [-0.2, -0.15) is 13.2 Å². The molecule has 0 aliphatic carbocycles. The summed E-state index contributed by atoms with van der Waals surface area (Å²) in [6, 6.07) is 10.9. The quantitative estimate of drug-likeness (QED) is 0.323. The Balaban J connectivity index is 2.13. The van der Waals surface area contributed by atoms with Crippen molar-refractivity contribution >= 4 is 56.0 Å². The summed E-state index contributed by atoms with van der Waals surface area (Å²) in [5.41, 5.74) is -0.664. The highest BCUT2D eigenvalue weighted by Gasteiger charge is 2.36. The van der Waals surface area contributed by atoms with Crippen molar-refractivity contribution in [3.05, 3.63) is 74.6 Å². The maximum Gasteiger partial charge on any atom is 0.417 e. The Morgan fingerprint density at radius 1 is 1.08 bits per heavy atom. The average molecular weight is 415 g/mol. The maximum absolute atomic E-state index is 13.5. The van der Waals surface area contributed by atoms with E-state index >= 15 is 0 Å². The minimum atomic E-state index is -4.73. The molecular formula is C19H11Cl2F3OS. The maximum atomic E-state index is 13.5. The van der Waals surface area contributed by atoms with Crippen LogP contribution in [-0.4, -0.2) is 12.0 Å². The lowest BCUT2D eigenvalue weighted by Crippen LogP contribution is -2.13. The molecule has 0 radical (unpaired) electrons. The summed E-state index contributed by atoms with van der Waals surface area (Å²) in [7, 11) is 0. The van der Waals surface area contributed by atoms with Crippen molar-refractivity contribution in [3.63, 3.8) is 0 Å². The molecule has 0 unspecified atom stereocenters. The minimum absolute atomic E-state index is 0.0631. The molecule has 134 valence electrons. The summed E-state index contributed by atoms with van der Waals surface area (Å²) in [4.78, 5) is 12.9. The van der Waals surface area contributed by atoms with E-state index in [1.54, 1.807) is 6.92 Å². The summed E-state index contributed by atoms with van der Waals surface area (Å²) >= 11 is 12.8. The largest absolute Gasteiger partial charge is 0.417 e. The lowest BCUT2D eigenvalue weighted by Gasteiger charge is -2.12. The van der Waals surface area contributed by atoms with Gasteiger partial charge in [-0.15, -0.1) is 11.3 Å². The first kappa shape index (κ1) is 19.0. The number of allylic oxidation sites excluding steroid dienone is 2. The molecule has 7 heteroatoms. The van der Waals surface area contributed by atoms with Crippen LogP contribution >= 0.6 is 34.5 Å². The Kier molecular flexibility index (Phi) is 5.15. The number of carbonyl (C=O) groups excluding carboxylic acids is 1. The third-order valence-electron chi connectivity index (χ3n) is 3.82. The van der Waals surface area contributed by atoms with Gasteiger partial charge < -0.3 is 0 Å². The number of fused-ring (bicyclic) bond motifs is 1. The second kappa shape index (κ2) is 7.06. The number of benzene rings is 2. The number of rotatable bonds is 3. The van der Waals surface area contributed by atoms with Crippen LogP contribution in [0.4, 0.5) is 13.2 Å². The summed E-state index contributed by atoms with van der Waals surface area (Å²) in [5.74, 6) is -0.702. The summed E-state index contributed by atoms with van der Waals surface area (Å²) in [6.07, 6.45) is -4.12. The van der Waals surface area contributed by atoms with Gasteiger partial charge >= 0.3 is 6.18 Å². The SMILES string of the molecule is Cc1c(C(=O)/C=C(\c2cc(Cl)cc(Cl)c2)C(F)(F)F)sc2ccccc12. The van der Waals surface area contributed by atoms with Crippen LogP contribution in [0.2, 0.25) is 10.0 Å². The summed E-state index contributed by atoms with van der Waals surface area (Å²) in [5, 5.41) is 0.981. The normalized spacial score (nSPS) is 12.6. The van der Waals surface area contributed by atoms with Gasteiger partial charge in [-0.25, -0.2) is 0 Å². The van der Waals surface area contributed by atoms with Crippen molar-refractivity contribution < 1.29 is 18.0 Å². The third kappa shape index (κ3) is 3.80. The molecule has 2 aromatic carbocycles. The third-order valence-corrected chi connectivity index (χ3v) is 5.55. The fourth-order valence-electron chi connectivity index (χ4n) is 2.64. The van der Waals surface area contributed by atoms with E-state index in [4.69, 9.17) is 23.2 Å². The molecule has 0 fully saturated rings. The molecule has 26 heavy (non-hydrogen) atoms. The van der Waals surface area contributed by atoms with Gasteiger partial charge in [-0.05, 0) is 53.8 Å². The lowest BCUT2D eigenvalue weighted by atomic mass is 10.0. The van der Waals surface area contributed by atoms with Gasteiger partial charge in [0, 0.05) is 14.7 Å². The van der Waals surface area contributed by atoms with Gasteiger partial charge in [-0.1, -0.05) is 41.4 Å². The highest BCUT2D eigenvalue weighted by molar-refractivity contribution is 7.21. The van der Waals surface area contributed by atoms with Crippen LogP contribution < -0.4 is 0 Å². The zero-order valence-electron chi connectivity index (χ0n) is 13.3. The van der Waals surface area contributed by atoms with Crippen molar-refractivity contribution in [2.45, 2.75) is 13.1 Å². The van der Waals surface area contributed by atoms with Crippen molar-refractivity contribution in [2.24, 2.45) is 0 Å². The van der Waals surface area contributed by atoms with E-state index in [1.165, 1.54) is 17.4 Å². The molecule has 0 amide bonds. The average Bonchev–Trinajstić information content (AvgIpc) is 2.88. The molecule has 1 aromatic heterocycles. The number of hydrogen-bond donors (Lipinski definition) is 0. The smallest absolute Gasteiger partial charge is 0.288 e. The lowest BCUT2D eigenvalue weighted by molar-refractivity contribution is -0.0689. The van der Waals surface area contributed by atoms with Crippen LogP contribution in [0, 0.1) is 6.92 Å². The van der Waals surface area contributed by atoms with E-state index in [9.17, 15) is 18.0 Å². The molecule has 0 atom stereocenters. The van der Waals surface area contributed by atoms with Crippen LogP contribution in [0.25, 0.3) is 15.7 Å². The number of halogens is 5. The van der Waals surface area contributed by atoms with Crippen molar-refractivity contribution in [1.29, 1.82) is 0 Å². The van der Waals surface area contributed by atoms with Crippen LogP contribution in [0.3, 0.4) is 0 Å². The minimum Gasteiger partial charge on any atom is -0.288 e. The monoisotopic (exact) mass is 414 g/mol. The number of aryl methyl sites for hydroxylation is 1. The molecule has 0 bridgehead atoms. The van der Waals surface area contributed by atoms with E-state index in [0.29, 0.717) is 11.6 Å². The van der Waals surface area contributed by atoms with Gasteiger partial charge in [0.05, 0.1) is 10.5 Å². The molecule has 0 aliphatic rings. The number of ketones is 1. The van der Waals surface area contributed by atoms with E-state index in [1.807, 2.05) is 24.3 Å². The van der Waals surface area contributed by atoms with Gasteiger partial charge in [0.1, 0.15) is 0 Å². The van der Waals surface area contributed by atoms with Crippen molar-refractivity contribution in [1.82, 2.24) is 0 Å². The topological polar surface area (TPSA) is 17.1 Å². The standard InChI is InChI=1S/C19H11Cl2F3OS/c1-10-14-4-2-3-5-17(14)26-18(10)16(25)9-15(19(22,23)24)11-6-12(20)8-13(21)7-11/h2-9H,1H3/b15-9+. The number of thiophene rings is 1. The molecule has 3 rings (SSSR count). The number of hydrogen-bond acceptors (Lipinski definition) is 2. The van der Waals surface area contributed by atoms with Crippen molar-refractivity contribution in [2.75, 3.05) is 0 Å². The molecule has 0 N–H and O–H groups in total. The second-order valence-electron chi connectivity index (χ2n) is 5.63. The zero-order chi connectivity index (χ0) is 19.1. The Hall–Kier alpha value is -1.82. The molecule has 0 aliphatic heterocycles.